The minimum Gasteiger partial charge on any atom is -0.323 e. The van der Waals surface area contributed by atoms with Crippen LogP contribution in [0.3, 0.4) is 0 Å². The summed E-state index contributed by atoms with van der Waals surface area (Å²) in [5.41, 5.74) is 1.28. The summed E-state index contributed by atoms with van der Waals surface area (Å²) in [6.07, 6.45) is 2.74. The maximum absolute atomic E-state index is 11.7. The first-order chi connectivity index (χ1) is 10.2. The Morgan fingerprint density at radius 1 is 1.38 bits per heavy atom. The zero-order chi connectivity index (χ0) is 14.8. The van der Waals surface area contributed by atoms with Gasteiger partial charge < -0.3 is 10.3 Å². The molecule has 2 aromatic heterocycles. The van der Waals surface area contributed by atoms with Gasteiger partial charge >= 0.3 is 0 Å². The Kier molecular flexibility index (Phi) is 3.41. The number of nitrogens with one attached hydrogen (secondary N) is 2. The van der Waals surface area contributed by atoms with Gasteiger partial charge in [0.05, 0.1) is 23.9 Å². The van der Waals surface area contributed by atoms with Gasteiger partial charge in [-0.25, -0.2) is 9.67 Å². The highest BCUT2D eigenvalue weighted by atomic mass is 35.5. The molecular weight excluding hydrogens is 294 g/mol. The van der Waals surface area contributed by atoms with Crippen LogP contribution < -0.4 is 10.9 Å². The van der Waals surface area contributed by atoms with Crippen LogP contribution in [0.1, 0.15) is 0 Å². The third-order valence-electron chi connectivity index (χ3n) is 2.90. The van der Waals surface area contributed by atoms with Crippen molar-refractivity contribution >= 4 is 34.2 Å². The topological polar surface area (TPSA) is 92.7 Å². The highest BCUT2D eigenvalue weighted by Gasteiger charge is 2.13. The van der Waals surface area contributed by atoms with E-state index < -0.39 is 0 Å². The molecule has 0 unspecified atom stereocenters. The number of para-hydroxylation sites is 2. The lowest BCUT2D eigenvalue weighted by molar-refractivity contribution is -0.113. The molecule has 0 saturated carbocycles. The lowest BCUT2D eigenvalue weighted by atomic mass is 10.2. The van der Waals surface area contributed by atoms with Crippen LogP contribution in [0.2, 0.25) is 0 Å². The van der Waals surface area contributed by atoms with E-state index in [0.29, 0.717) is 22.4 Å². The van der Waals surface area contributed by atoms with Crippen molar-refractivity contribution in [1.82, 2.24) is 19.7 Å². The smallest absolute Gasteiger partial charge is 0.261 e. The molecule has 8 heteroatoms. The average molecular weight is 304 g/mol. The molecule has 0 atom stereocenters. The van der Waals surface area contributed by atoms with E-state index in [1.54, 1.807) is 24.3 Å². The molecule has 0 fully saturated rings. The van der Waals surface area contributed by atoms with Gasteiger partial charge in [-0.1, -0.05) is 12.1 Å². The van der Waals surface area contributed by atoms with Crippen LogP contribution in [0.4, 0.5) is 5.69 Å². The van der Waals surface area contributed by atoms with Gasteiger partial charge in [0, 0.05) is 0 Å². The van der Waals surface area contributed by atoms with Crippen molar-refractivity contribution in [1.29, 1.82) is 0 Å². The molecule has 0 radical (unpaired) electrons. The first-order valence-electron chi connectivity index (χ1n) is 6.07. The molecule has 106 valence electrons. The fraction of sp³-hybridized carbons (Fsp3) is 0.0769. The van der Waals surface area contributed by atoms with Crippen LogP contribution in [0, 0.1) is 0 Å². The third kappa shape index (κ3) is 2.38. The van der Waals surface area contributed by atoms with E-state index in [1.807, 2.05) is 0 Å². The second kappa shape index (κ2) is 5.37. The number of aromatic nitrogens is 4. The number of fused-ring (bicyclic) bond motifs is 1. The number of nitrogens with zero attached hydrogens (tertiary/aromatic N) is 3. The number of aromatic amines is 1. The Morgan fingerprint density at radius 3 is 3.00 bits per heavy atom. The van der Waals surface area contributed by atoms with Crippen molar-refractivity contribution in [3.8, 4) is 5.69 Å². The highest BCUT2D eigenvalue weighted by molar-refractivity contribution is 6.29. The van der Waals surface area contributed by atoms with Crippen molar-refractivity contribution in [2.45, 2.75) is 0 Å². The Hall–Kier alpha value is -2.67. The Bertz CT molecular complexity index is 870. The van der Waals surface area contributed by atoms with Crippen LogP contribution in [-0.2, 0) is 4.79 Å². The van der Waals surface area contributed by atoms with Crippen LogP contribution >= 0.6 is 11.6 Å². The summed E-state index contributed by atoms with van der Waals surface area (Å²) in [5, 5.41) is 7.22. The molecule has 0 bridgehead atoms. The molecule has 21 heavy (non-hydrogen) atoms. The summed E-state index contributed by atoms with van der Waals surface area (Å²) in [4.78, 5) is 29.8. The Labute approximate surface area is 123 Å². The van der Waals surface area contributed by atoms with Crippen LogP contribution in [0.5, 0.6) is 0 Å². The number of hydrogen-bond acceptors (Lipinski definition) is 4. The first kappa shape index (κ1) is 13.3. The molecule has 0 aliphatic carbocycles. The Morgan fingerprint density at radius 2 is 2.19 bits per heavy atom. The van der Waals surface area contributed by atoms with Gasteiger partial charge in [0.15, 0.2) is 5.65 Å². The standard InChI is InChI=1S/C13H10ClN5O2/c14-5-11(20)18-9-3-1-2-4-10(9)19-12-8(6-17-19)13(21)16-7-15-12/h1-4,6-7H,5H2,(H,18,20)(H,15,16,21). The lowest BCUT2D eigenvalue weighted by Crippen LogP contribution is -2.15. The van der Waals surface area contributed by atoms with Gasteiger partial charge in [-0.3, -0.25) is 9.59 Å². The van der Waals surface area contributed by atoms with E-state index >= 15 is 0 Å². The summed E-state index contributed by atoms with van der Waals surface area (Å²) < 4.78 is 1.49. The number of hydrogen-bond donors (Lipinski definition) is 2. The monoisotopic (exact) mass is 303 g/mol. The number of amides is 1. The number of H-pyrrole nitrogens is 1. The van der Waals surface area contributed by atoms with Gasteiger partial charge in [-0.05, 0) is 12.1 Å². The molecule has 3 aromatic rings. The molecule has 1 amide bonds. The van der Waals surface area contributed by atoms with Crippen LogP contribution in [0.25, 0.3) is 16.7 Å². The SMILES string of the molecule is O=C(CCl)Nc1ccccc1-n1ncc2c(=O)[nH]cnc21. The van der Waals surface area contributed by atoms with Crippen LogP contribution in [0.15, 0.2) is 41.6 Å². The summed E-state index contributed by atoms with van der Waals surface area (Å²) in [6, 6.07) is 7.06. The van der Waals surface area contributed by atoms with Crippen molar-refractivity contribution in [2.75, 3.05) is 11.2 Å². The molecule has 3 rings (SSSR count). The zero-order valence-electron chi connectivity index (χ0n) is 10.7. The Balaban J connectivity index is 2.17. The molecule has 7 nitrogen and oxygen atoms in total. The van der Waals surface area contributed by atoms with Crippen molar-refractivity contribution < 1.29 is 4.79 Å². The molecule has 0 saturated heterocycles. The lowest BCUT2D eigenvalue weighted by Gasteiger charge is -2.10. The van der Waals surface area contributed by atoms with Gasteiger partial charge in [0.25, 0.3) is 5.56 Å². The number of halogens is 1. The van der Waals surface area contributed by atoms with E-state index in [2.05, 4.69) is 20.4 Å². The number of benzene rings is 1. The van der Waals surface area contributed by atoms with Crippen molar-refractivity contribution in [3.05, 3.63) is 47.1 Å². The largest absolute Gasteiger partial charge is 0.323 e. The summed E-state index contributed by atoms with van der Waals surface area (Å²) in [5.74, 6) is -0.474. The fourth-order valence-electron chi connectivity index (χ4n) is 1.98. The number of carbonyl (C=O) groups is 1. The van der Waals surface area contributed by atoms with Crippen molar-refractivity contribution in [3.63, 3.8) is 0 Å². The van der Waals surface area contributed by atoms with E-state index in [1.165, 1.54) is 17.2 Å². The quantitative estimate of drug-likeness (QED) is 0.713. The molecule has 2 heterocycles. The van der Waals surface area contributed by atoms with E-state index in [4.69, 9.17) is 11.6 Å². The molecular formula is C13H10ClN5O2. The molecule has 0 aliphatic rings. The number of anilines is 1. The predicted molar refractivity (Wildman–Crippen MR) is 78.8 cm³/mol. The molecule has 1 aromatic carbocycles. The summed E-state index contributed by atoms with van der Waals surface area (Å²) >= 11 is 5.50. The number of carbonyl (C=O) groups excluding carboxylic acids is 1. The number of alkyl halides is 1. The molecule has 2 N–H and O–H groups in total. The zero-order valence-corrected chi connectivity index (χ0v) is 11.5. The maximum atomic E-state index is 11.7. The van der Waals surface area contributed by atoms with Gasteiger partial charge in [-0.15, -0.1) is 11.6 Å². The fourth-order valence-corrected chi connectivity index (χ4v) is 2.05. The second-order valence-electron chi connectivity index (χ2n) is 4.22. The minimum atomic E-state index is -0.327. The van der Waals surface area contributed by atoms with E-state index in [0.717, 1.165) is 0 Å². The van der Waals surface area contributed by atoms with Gasteiger partial charge in [0.2, 0.25) is 5.91 Å². The van der Waals surface area contributed by atoms with Crippen molar-refractivity contribution in [2.24, 2.45) is 0 Å². The highest BCUT2D eigenvalue weighted by Crippen LogP contribution is 2.22. The third-order valence-corrected chi connectivity index (χ3v) is 3.14. The summed E-state index contributed by atoms with van der Waals surface area (Å²) in [7, 11) is 0. The number of rotatable bonds is 3. The van der Waals surface area contributed by atoms with Crippen LogP contribution in [-0.4, -0.2) is 31.5 Å². The minimum absolute atomic E-state index is 0.147. The predicted octanol–water partition coefficient (Wildman–Crippen LogP) is 1.29. The van der Waals surface area contributed by atoms with Gasteiger partial charge in [0.1, 0.15) is 11.3 Å². The average Bonchev–Trinajstić information content (AvgIpc) is 2.93. The van der Waals surface area contributed by atoms with E-state index in [9.17, 15) is 9.59 Å². The first-order valence-corrected chi connectivity index (χ1v) is 6.61. The molecule has 0 spiro atoms. The maximum Gasteiger partial charge on any atom is 0.261 e. The van der Waals surface area contributed by atoms with Gasteiger partial charge in [-0.2, -0.15) is 5.10 Å². The second-order valence-corrected chi connectivity index (χ2v) is 4.49. The van der Waals surface area contributed by atoms with E-state index in [-0.39, 0.29) is 17.3 Å². The summed E-state index contributed by atoms with van der Waals surface area (Å²) in [6.45, 7) is 0. The molecule has 0 aliphatic heterocycles. The normalized spacial score (nSPS) is 10.7.